The summed E-state index contributed by atoms with van der Waals surface area (Å²) < 4.78 is 50.0. The van der Waals surface area contributed by atoms with Crippen LogP contribution in [0, 0.1) is 5.92 Å². The Bertz CT molecular complexity index is 643. The third-order valence-corrected chi connectivity index (χ3v) is 4.58. The number of halogens is 4. The summed E-state index contributed by atoms with van der Waals surface area (Å²) in [5.41, 5.74) is -0.772. The van der Waals surface area contributed by atoms with E-state index in [2.05, 4.69) is 25.9 Å². The van der Waals surface area contributed by atoms with Gasteiger partial charge in [-0.3, -0.25) is 4.99 Å². The molecule has 0 radical (unpaired) electrons. The SMILES string of the molecule is CCNC(=NCCCOCC1CCOCC1)NCCNc1ncccc1C(F)(F)F.I. The zero-order valence-corrected chi connectivity index (χ0v) is 20.2. The van der Waals surface area contributed by atoms with Crippen molar-refractivity contribution in [2.75, 3.05) is 57.9 Å². The Morgan fingerprint density at radius 3 is 2.74 bits per heavy atom. The van der Waals surface area contributed by atoms with Crippen LogP contribution in [0.3, 0.4) is 0 Å². The minimum absolute atomic E-state index is 0. The molecular weight excluding hydrogens is 526 g/mol. The van der Waals surface area contributed by atoms with Crippen LogP contribution in [0.4, 0.5) is 19.0 Å². The largest absolute Gasteiger partial charge is 0.419 e. The normalized spacial score (nSPS) is 15.3. The number of rotatable bonds is 11. The Hall–Kier alpha value is -1.34. The molecule has 3 N–H and O–H groups in total. The van der Waals surface area contributed by atoms with E-state index in [-0.39, 0.29) is 36.3 Å². The van der Waals surface area contributed by atoms with Crippen LogP contribution in [-0.2, 0) is 15.7 Å². The maximum Gasteiger partial charge on any atom is 0.419 e. The van der Waals surface area contributed by atoms with Crippen LogP contribution in [0.2, 0.25) is 0 Å². The predicted molar refractivity (Wildman–Crippen MR) is 126 cm³/mol. The molecule has 1 aromatic heterocycles. The number of hydrogen-bond donors (Lipinski definition) is 3. The summed E-state index contributed by atoms with van der Waals surface area (Å²) in [4.78, 5) is 8.25. The van der Waals surface area contributed by atoms with Crippen molar-refractivity contribution in [2.45, 2.75) is 32.4 Å². The predicted octanol–water partition coefficient (Wildman–Crippen LogP) is 3.52. The van der Waals surface area contributed by atoms with Crippen LogP contribution < -0.4 is 16.0 Å². The highest BCUT2D eigenvalue weighted by atomic mass is 127. The number of aliphatic imine (C=N–C) groups is 1. The molecule has 0 aromatic carbocycles. The monoisotopic (exact) mass is 559 g/mol. The Kier molecular flexibility index (Phi) is 13.8. The number of aromatic nitrogens is 1. The molecule has 0 saturated carbocycles. The fourth-order valence-corrected chi connectivity index (χ4v) is 3.00. The van der Waals surface area contributed by atoms with Crippen molar-refractivity contribution in [3.63, 3.8) is 0 Å². The molecule has 0 bridgehead atoms. The first-order chi connectivity index (χ1) is 14.5. The van der Waals surface area contributed by atoms with E-state index in [1.807, 2.05) is 6.92 Å². The molecule has 2 rings (SSSR count). The van der Waals surface area contributed by atoms with Gasteiger partial charge in [-0.05, 0) is 44.2 Å². The minimum atomic E-state index is -4.44. The average Bonchev–Trinajstić information content (AvgIpc) is 2.74. The van der Waals surface area contributed by atoms with Gasteiger partial charge in [0, 0.05) is 58.8 Å². The Balaban J connectivity index is 0.00000480. The van der Waals surface area contributed by atoms with Gasteiger partial charge in [0.2, 0.25) is 0 Å². The molecule has 0 aliphatic carbocycles. The van der Waals surface area contributed by atoms with Gasteiger partial charge in [0.15, 0.2) is 5.96 Å². The molecule has 2 heterocycles. The van der Waals surface area contributed by atoms with E-state index in [1.54, 1.807) is 0 Å². The van der Waals surface area contributed by atoms with Gasteiger partial charge >= 0.3 is 6.18 Å². The van der Waals surface area contributed by atoms with Crippen molar-refractivity contribution >= 4 is 35.8 Å². The second kappa shape index (κ2) is 15.5. The maximum absolute atomic E-state index is 13.0. The molecule has 0 unspecified atom stereocenters. The molecule has 7 nitrogen and oxygen atoms in total. The average molecular weight is 559 g/mol. The van der Waals surface area contributed by atoms with Crippen LogP contribution >= 0.6 is 24.0 Å². The van der Waals surface area contributed by atoms with E-state index < -0.39 is 11.7 Å². The number of anilines is 1. The Labute approximate surface area is 199 Å². The highest BCUT2D eigenvalue weighted by Gasteiger charge is 2.33. The summed E-state index contributed by atoms with van der Waals surface area (Å²) in [7, 11) is 0. The fraction of sp³-hybridized carbons (Fsp3) is 0.700. The van der Waals surface area contributed by atoms with E-state index in [1.165, 1.54) is 12.3 Å². The Morgan fingerprint density at radius 2 is 2.03 bits per heavy atom. The van der Waals surface area contributed by atoms with Crippen LogP contribution in [0.25, 0.3) is 0 Å². The second-order valence-electron chi connectivity index (χ2n) is 7.00. The van der Waals surface area contributed by atoms with Gasteiger partial charge in [-0.2, -0.15) is 13.2 Å². The minimum Gasteiger partial charge on any atom is -0.381 e. The highest BCUT2D eigenvalue weighted by molar-refractivity contribution is 14.0. The molecule has 31 heavy (non-hydrogen) atoms. The number of guanidine groups is 1. The number of pyridine rings is 1. The molecule has 1 saturated heterocycles. The third-order valence-electron chi connectivity index (χ3n) is 4.58. The van der Waals surface area contributed by atoms with Gasteiger partial charge in [0.25, 0.3) is 0 Å². The number of ether oxygens (including phenoxy) is 2. The van der Waals surface area contributed by atoms with Crippen LogP contribution in [0.5, 0.6) is 0 Å². The molecule has 178 valence electrons. The molecule has 1 aromatic rings. The molecule has 11 heteroatoms. The number of nitrogens with one attached hydrogen (secondary N) is 3. The summed E-state index contributed by atoms with van der Waals surface area (Å²) in [5, 5.41) is 8.95. The molecule has 1 aliphatic rings. The van der Waals surface area contributed by atoms with E-state index in [9.17, 15) is 13.2 Å². The molecular formula is C20H33F3IN5O2. The Morgan fingerprint density at radius 1 is 1.26 bits per heavy atom. The zero-order valence-electron chi connectivity index (χ0n) is 17.8. The van der Waals surface area contributed by atoms with Gasteiger partial charge < -0.3 is 25.4 Å². The van der Waals surface area contributed by atoms with Gasteiger partial charge in [-0.25, -0.2) is 4.98 Å². The smallest absolute Gasteiger partial charge is 0.381 e. The topological polar surface area (TPSA) is 79.8 Å². The molecule has 0 atom stereocenters. The highest BCUT2D eigenvalue weighted by Crippen LogP contribution is 2.33. The lowest BCUT2D eigenvalue weighted by molar-refractivity contribution is -0.137. The van der Waals surface area contributed by atoms with E-state index in [4.69, 9.17) is 9.47 Å². The van der Waals surface area contributed by atoms with Gasteiger partial charge in [0.1, 0.15) is 5.82 Å². The maximum atomic E-state index is 13.0. The first kappa shape index (κ1) is 27.7. The first-order valence-electron chi connectivity index (χ1n) is 10.4. The van der Waals surface area contributed by atoms with Crippen molar-refractivity contribution in [1.29, 1.82) is 0 Å². The summed E-state index contributed by atoms with van der Waals surface area (Å²) in [6.45, 7) is 7.00. The zero-order chi connectivity index (χ0) is 21.7. The summed E-state index contributed by atoms with van der Waals surface area (Å²) >= 11 is 0. The van der Waals surface area contributed by atoms with Crippen molar-refractivity contribution in [2.24, 2.45) is 10.9 Å². The van der Waals surface area contributed by atoms with Crippen LogP contribution in [0.1, 0.15) is 31.7 Å². The number of nitrogens with zero attached hydrogens (tertiary/aromatic N) is 2. The van der Waals surface area contributed by atoms with Crippen molar-refractivity contribution in [1.82, 2.24) is 15.6 Å². The summed E-state index contributed by atoms with van der Waals surface area (Å²) in [6.07, 6.45) is -0.178. The molecule has 1 fully saturated rings. The van der Waals surface area contributed by atoms with Crippen molar-refractivity contribution in [3.05, 3.63) is 23.9 Å². The lowest BCUT2D eigenvalue weighted by atomic mass is 10.0. The fourth-order valence-electron chi connectivity index (χ4n) is 3.00. The van der Waals surface area contributed by atoms with Crippen molar-refractivity contribution in [3.8, 4) is 0 Å². The lowest BCUT2D eigenvalue weighted by Gasteiger charge is -2.21. The van der Waals surface area contributed by atoms with E-state index in [0.29, 0.717) is 38.1 Å². The standard InChI is InChI=1S/C20H32F3N5O2.HI/c1-2-24-19(27-9-4-12-30-15-16-6-13-29-14-7-16)28-11-10-26-18-17(20(21,22)23)5-3-8-25-18;/h3,5,8,16H,2,4,6-7,9-15H2,1H3,(H,25,26)(H2,24,27,28);1H. The quantitative estimate of drug-likeness (QED) is 0.167. The van der Waals surface area contributed by atoms with Crippen LogP contribution in [-0.4, -0.2) is 63.6 Å². The second-order valence-corrected chi connectivity index (χ2v) is 7.00. The lowest BCUT2D eigenvalue weighted by Crippen LogP contribution is -2.39. The van der Waals surface area contributed by atoms with E-state index >= 15 is 0 Å². The van der Waals surface area contributed by atoms with Gasteiger partial charge in [0.05, 0.1) is 5.56 Å². The molecule has 1 aliphatic heterocycles. The van der Waals surface area contributed by atoms with Crippen molar-refractivity contribution < 1.29 is 22.6 Å². The van der Waals surface area contributed by atoms with Crippen LogP contribution in [0.15, 0.2) is 23.3 Å². The molecule has 0 spiro atoms. The van der Waals surface area contributed by atoms with Gasteiger partial charge in [-0.15, -0.1) is 24.0 Å². The molecule has 0 amide bonds. The number of alkyl halides is 3. The summed E-state index contributed by atoms with van der Waals surface area (Å²) in [5.74, 6) is 1.04. The third kappa shape index (κ3) is 11.2. The van der Waals surface area contributed by atoms with Gasteiger partial charge in [-0.1, -0.05) is 0 Å². The number of hydrogen-bond acceptors (Lipinski definition) is 5. The van der Waals surface area contributed by atoms with E-state index in [0.717, 1.165) is 45.1 Å². The first-order valence-corrected chi connectivity index (χ1v) is 10.4. The summed E-state index contributed by atoms with van der Waals surface area (Å²) in [6, 6.07) is 2.29.